The van der Waals surface area contributed by atoms with Gasteiger partial charge < -0.3 is 24.1 Å². The first-order valence-corrected chi connectivity index (χ1v) is 9.38. The molecule has 154 valence electrons. The molecule has 1 atom stereocenters. The molecule has 4 rings (SSSR count). The first kappa shape index (κ1) is 19.6. The highest BCUT2D eigenvalue weighted by Gasteiger charge is 2.39. The number of carbonyl (C=O) groups excluding carboxylic acids is 1. The fraction of sp³-hybridized carbons (Fsp3) is 0.217. The Morgan fingerprint density at radius 1 is 1.20 bits per heavy atom. The summed E-state index contributed by atoms with van der Waals surface area (Å²) in [7, 11) is 0. The van der Waals surface area contributed by atoms with E-state index in [1.54, 1.807) is 24.3 Å². The fourth-order valence-corrected chi connectivity index (χ4v) is 3.40. The molecule has 0 unspecified atom stereocenters. The van der Waals surface area contributed by atoms with Crippen molar-refractivity contribution < 1.29 is 28.9 Å². The van der Waals surface area contributed by atoms with E-state index in [-0.39, 0.29) is 11.5 Å². The van der Waals surface area contributed by atoms with Crippen LogP contribution in [-0.4, -0.2) is 27.9 Å². The average Bonchev–Trinajstić information content (AvgIpc) is 2.68. The number of benzene rings is 2. The van der Waals surface area contributed by atoms with Crippen molar-refractivity contribution >= 4 is 23.0 Å². The third-order valence-electron chi connectivity index (χ3n) is 5.06. The molecular weight excluding hydrogens is 388 g/mol. The molecule has 0 fully saturated rings. The summed E-state index contributed by atoms with van der Waals surface area (Å²) in [5, 5.41) is 20.1. The van der Waals surface area contributed by atoms with Crippen molar-refractivity contribution in [1.29, 1.82) is 0 Å². The highest BCUT2D eigenvalue weighted by Crippen LogP contribution is 2.37. The average molecular weight is 408 g/mol. The fourth-order valence-electron chi connectivity index (χ4n) is 3.40. The Kier molecular flexibility index (Phi) is 4.73. The maximum Gasteiger partial charge on any atom is 0.336 e. The molecule has 0 saturated carbocycles. The number of fused-ring (bicyclic) bond motifs is 2. The molecule has 0 amide bonds. The predicted octanol–water partition coefficient (Wildman–Crippen LogP) is 3.54. The summed E-state index contributed by atoms with van der Waals surface area (Å²) in [6.07, 6.45) is 2.43. The molecule has 0 radical (unpaired) electrons. The molecule has 1 aliphatic heterocycles. The Labute approximate surface area is 171 Å². The van der Waals surface area contributed by atoms with E-state index >= 15 is 0 Å². The second-order valence-corrected chi connectivity index (χ2v) is 7.64. The SMILES string of the molecule is CC1(C)Oc2cc3oc(=O)ccc3cc2C[C@@H]1OC(=O)/C=C/c1cccc(O)c1O. The van der Waals surface area contributed by atoms with E-state index in [4.69, 9.17) is 13.9 Å². The molecule has 2 aromatic carbocycles. The molecule has 1 aliphatic rings. The Morgan fingerprint density at radius 3 is 2.80 bits per heavy atom. The van der Waals surface area contributed by atoms with Crippen LogP contribution in [0.5, 0.6) is 17.2 Å². The van der Waals surface area contributed by atoms with Gasteiger partial charge in [-0.1, -0.05) is 12.1 Å². The van der Waals surface area contributed by atoms with Gasteiger partial charge in [0, 0.05) is 35.6 Å². The number of phenols is 2. The maximum atomic E-state index is 12.4. The largest absolute Gasteiger partial charge is 0.504 e. The predicted molar refractivity (Wildman–Crippen MR) is 110 cm³/mol. The van der Waals surface area contributed by atoms with Crippen molar-refractivity contribution in [3.8, 4) is 17.2 Å². The lowest BCUT2D eigenvalue weighted by Crippen LogP contribution is -2.48. The summed E-state index contributed by atoms with van der Waals surface area (Å²) in [4.78, 5) is 23.8. The number of para-hydroxylation sites is 1. The number of hydrogen-bond acceptors (Lipinski definition) is 7. The molecule has 0 aliphatic carbocycles. The standard InChI is InChI=1S/C23H20O7/c1-23(2)19(29-21(26)8-6-13-4-3-5-16(24)22(13)27)11-15-10-14-7-9-20(25)28-17(14)12-18(15)30-23/h3-10,12,19,24,27H,11H2,1-2H3/b8-6+/t19-/m0/s1. The van der Waals surface area contributed by atoms with Crippen molar-refractivity contribution in [1.82, 2.24) is 0 Å². The second-order valence-electron chi connectivity index (χ2n) is 7.64. The van der Waals surface area contributed by atoms with Gasteiger partial charge in [-0.05, 0) is 43.7 Å². The lowest BCUT2D eigenvalue weighted by atomic mass is 9.90. The van der Waals surface area contributed by atoms with Gasteiger partial charge in [0.05, 0.1) is 0 Å². The third kappa shape index (κ3) is 3.74. The second kappa shape index (κ2) is 7.26. The normalized spacial score (nSPS) is 17.5. The Bertz CT molecular complexity index is 1220. The molecule has 2 heterocycles. The minimum atomic E-state index is -0.813. The molecule has 7 heteroatoms. The van der Waals surface area contributed by atoms with Crippen LogP contribution in [0.3, 0.4) is 0 Å². The Morgan fingerprint density at radius 2 is 2.00 bits per heavy atom. The van der Waals surface area contributed by atoms with Crippen molar-refractivity contribution in [2.24, 2.45) is 0 Å². The van der Waals surface area contributed by atoms with Gasteiger partial charge in [0.1, 0.15) is 23.0 Å². The Balaban J connectivity index is 1.55. The van der Waals surface area contributed by atoms with E-state index in [2.05, 4.69) is 0 Å². The summed E-state index contributed by atoms with van der Waals surface area (Å²) < 4.78 is 16.9. The zero-order chi connectivity index (χ0) is 21.5. The summed E-state index contributed by atoms with van der Waals surface area (Å²) in [6.45, 7) is 3.62. The van der Waals surface area contributed by atoms with Gasteiger partial charge in [-0.15, -0.1) is 0 Å². The number of aromatic hydroxyl groups is 2. The third-order valence-corrected chi connectivity index (χ3v) is 5.06. The smallest absolute Gasteiger partial charge is 0.336 e. The van der Waals surface area contributed by atoms with Crippen LogP contribution in [0.15, 0.2) is 57.8 Å². The number of ether oxygens (including phenoxy) is 2. The number of phenolic OH excluding ortho intramolecular Hbond substituents is 2. The van der Waals surface area contributed by atoms with Crippen LogP contribution in [0.25, 0.3) is 17.0 Å². The summed E-state index contributed by atoms with van der Waals surface area (Å²) in [5.41, 5.74) is 0.314. The molecule has 0 saturated heterocycles. The lowest BCUT2D eigenvalue weighted by molar-refractivity contribution is -0.155. The van der Waals surface area contributed by atoms with Gasteiger partial charge >= 0.3 is 11.6 Å². The van der Waals surface area contributed by atoms with E-state index < -0.39 is 23.3 Å². The molecule has 30 heavy (non-hydrogen) atoms. The quantitative estimate of drug-likeness (QED) is 0.295. The topological polar surface area (TPSA) is 106 Å². The minimum absolute atomic E-state index is 0.271. The zero-order valence-electron chi connectivity index (χ0n) is 16.4. The van der Waals surface area contributed by atoms with Crippen LogP contribution in [0.2, 0.25) is 0 Å². The van der Waals surface area contributed by atoms with Gasteiger partial charge in [0.15, 0.2) is 11.5 Å². The van der Waals surface area contributed by atoms with E-state index in [9.17, 15) is 19.8 Å². The highest BCUT2D eigenvalue weighted by molar-refractivity contribution is 5.88. The molecular formula is C23H20O7. The molecule has 2 N–H and O–H groups in total. The lowest BCUT2D eigenvalue weighted by Gasteiger charge is -2.39. The van der Waals surface area contributed by atoms with Crippen molar-refractivity contribution in [2.75, 3.05) is 0 Å². The van der Waals surface area contributed by atoms with Crippen molar-refractivity contribution in [2.45, 2.75) is 32.0 Å². The van der Waals surface area contributed by atoms with Gasteiger partial charge in [0.25, 0.3) is 0 Å². The first-order chi connectivity index (χ1) is 14.2. The van der Waals surface area contributed by atoms with Crippen molar-refractivity contribution in [3.05, 3.63) is 70.1 Å². The number of esters is 1. The van der Waals surface area contributed by atoms with Crippen molar-refractivity contribution in [3.63, 3.8) is 0 Å². The number of carbonyl (C=O) groups is 1. The minimum Gasteiger partial charge on any atom is -0.504 e. The molecule has 0 bridgehead atoms. The van der Waals surface area contributed by atoms with Crippen LogP contribution in [-0.2, 0) is 16.0 Å². The van der Waals surface area contributed by atoms with E-state index in [1.807, 2.05) is 19.9 Å². The summed E-state index contributed by atoms with van der Waals surface area (Å²) >= 11 is 0. The van der Waals surface area contributed by atoms with Crippen LogP contribution < -0.4 is 10.4 Å². The van der Waals surface area contributed by atoms with Crippen LogP contribution >= 0.6 is 0 Å². The summed E-state index contributed by atoms with van der Waals surface area (Å²) in [5.74, 6) is -0.605. The van der Waals surface area contributed by atoms with Crippen LogP contribution in [0.4, 0.5) is 0 Å². The van der Waals surface area contributed by atoms with E-state index in [1.165, 1.54) is 24.3 Å². The van der Waals surface area contributed by atoms with Gasteiger partial charge in [0.2, 0.25) is 0 Å². The van der Waals surface area contributed by atoms with E-state index in [0.717, 1.165) is 10.9 Å². The molecule has 3 aromatic rings. The molecule has 1 aromatic heterocycles. The first-order valence-electron chi connectivity index (χ1n) is 9.38. The monoisotopic (exact) mass is 408 g/mol. The number of rotatable bonds is 3. The zero-order valence-corrected chi connectivity index (χ0v) is 16.4. The summed E-state index contributed by atoms with van der Waals surface area (Å²) in [6, 6.07) is 11.0. The highest BCUT2D eigenvalue weighted by atomic mass is 16.6. The Hall–Kier alpha value is -3.74. The van der Waals surface area contributed by atoms with Gasteiger partial charge in [-0.25, -0.2) is 9.59 Å². The number of hydrogen-bond donors (Lipinski definition) is 2. The molecule has 7 nitrogen and oxygen atoms in total. The maximum absolute atomic E-state index is 12.4. The van der Waals surface area contributed by atoms with Crippen LogP contribution in [0, 0.1) is 0 Å². The van der Waals surface area contributed by atoms with E-state index in [0.29, 0.717) is 23.3 Å². The molecule has 0 spiro atoms. The van der Waals surface area contributed by atoms with Gasteiger partial charge in [-0.2, -0.15) is 0 Å². The van der Waals surface area contributed by atoms with Gasteiger partial charge in [-0.3, -0.25) is 0 Å². The van der Waals surface area contributed by atoms with Crippen LogP contribution in [0.1, 0.15) is 25.0 Å².